The highest BCUT2D eigenvalue weighted by molar-refractivity contribution is 7.80. The number of rotatable bonds is 3. The number of hydrogen-bond acceptors (Lipinski definition) is 2. The van der Waals surface area contributed by atoms with Crippen LogP contribution in [0.15, 0.2) is 0 Å². The lowest BCUT2D eigenvalue weighted by molar-refractivity contribution is 0.278. The molecule has 2 heteroatoms. The largest absolute Gasteiger partial charge is 0.302 e. The molecule has 1 saturated carbocycles. The van der Waals surface area contributed by atoms with E-state index in [0.29, 0.717) is 0 Å². The first kappa shape index (κ1) is 9.85. The molecule has 13 heavy (non-hydrogen) atoms. The fourth-order valence-electron chi connectivity index (χ4n) is 2.98. The molecule has 2 aliphatic rings. The predicted molar refractivity (Wildman–Crippen MR) is 60.3 cm³/mol. The summed E-state index contributed by atoms with van der Waals surface area (Å²) in [6.45, 7) is 6.34. The highest BCUT2D eigenvalue weighted by atomic mass is 32.1. The van der Waals surface area contributed by atoms with Crippen molar-refractivity contribution < 1.29 is 0 Å². The minimum Gasteiger partial charge on any atom is -0.302 e. The van der Waals surface area contributed by atoms with E-state index in [-0.39, 0.29) is 0 Å². The van der Waals surface area contributed by atoms with Gasteiger partial charge in [0.2, 0.25) is 0 Å². The molecule has 1 aliphatic carbocycles. The van der Waals surface area contributed by atoms with Crippen molar-refractivity contribution in [2.24, 2.45) is 17.8 Å². The zero-order chi connectivity index (χ0) is 9.26. The fraction of sp³-hybridized carbons (Fsp3) is 1.00. The number of likely N-dealkylation sites (tertiary alicyclic amines) is 1. The third-order valence-electron chi connectivity index (χ3n) is 3.68. The number of fused-ring (bicyclic) bond motifs is 1. The first-order valence-corrected chi connectivity index (χ1v) is 6.26. The van der Waals surface area contributed by atoms with Crippen molar-refractivity contribution in [3.63, 3.8) is 0 Å². The van der Waals surface area contributed by atoms with E-state index in [1.165, 1.54) is 38.9 Å². The molecule has 3 atom stereocenters. The second-order valence-corrected chi connectivity index (χ2v) is 5.32. The van der Waals surface area contributed by atoms with E-state index in [1.807, 2.05) is 0 Å². The van der Waals surface area contributed by atoms with Crippen LogP contribution < -0.4 is 0 Å². The van der Waals surface area contributed by atoms with Crippen LogP contribution in [0, 0.1) is 17.8 Å². The molecular formula is C11H21NS. The highest BCUT2D eigenvalue weighted by Gasteiger charge is 2.35. The second kappa shape index (κ2) is 4.22. The van der Waals surface area contributed by atoms with Crippen molar-refractivity contribution >= 4 is 12.6 Å². The van der Waals surface area contributed by atoms with Crippen molar-refractivity contribution in [2.45, 2.75) is 26.2 Å². The summed E-state index contributed by atoms with van der Waals surface area (Å²) in [5.41, 5.74) is 0. The summed E-state index contributed by atoms with van der Waals surface area (Å²) in [6, 6.07) is 0. The summed E-state index contributed by atoms with van der Waals surface area (Å²) in [4.78, 5) is 2.66. The van der Waals surface area contributed by atoms with Gasteiger partial charge >= 0.3 is 0 Å². The van der Waals surface area contributed by atoms with Gasteiger partial charge in [-0.1, -0.05) is 13.3 Å². The molecule has 0 bridgehead atoms. The Morgan fingerprint density at radius 1 is 1.31 bits per heavy atom. The molecule has 1 aliphatic heterocycles. The van der Waals surface area contributed by atoms with E-state index in [4.69, 9.17) is 0 Å². The standard InChI is InChI=1S/C11H21NS/c1-9(8-13)5-12-6-10-3-2-4-11(10)7-12/h9-11,13H,2-8H2,1H3. The molecule has 2 fully saturated rings. The monoisotopic (exact) mass is 199 g/mol. The molecule has 0 radical (unpaired) electrons. The van der Waals surface area contributed by atoms with Crippen LogP contribution in [-0.4, -0.2) is 30.3 Å². The minimum atomic E-state index is 0.766. The maximum atomic E-state index is 4.34. The maximum absolute atomic E-state index is 4.34. The Bertz CT molecular complexity index is 157. The Hall–Kier alpha value is 0.310. The molecule has 3 unspecified atom stereocenters. The van der Waals surface area contributed by atoms with Gasteiger partial charge < -0.3 is 4.90 Å². The third-order valence-corrected chi connectivity index (χ3v) is 4.31. The van der Waals surface area contributed by atoms with Gasteiger partial charge in [-0.3, -0.25) is 0 Å². The van der Waals surface area contributed by atoms with Crippen molar-refractivity contribution in [1.29, 1.82) is 0 Å². The predicted octanol–water partition coefficient (Wildman–Crippen LogP) is 2.28. The van der Waals surface area contributed by atoms with Gasteiger partial charge in [-0.15, -0.1) is 0 Å². The van der Waals surface area contributed by atoms with Crippen molar-refractivity contribution in [2.75, 3.05) is 25.4 Å². The highest BCUT2D eigenvalue weighted by Crippen LogP contribution is 2.37. The van der Waals surface area contributed by atoms with Crippen LogP contribution in [0.1, 0.15) is 26.2 Å². The lowest BCUT2D eigenvalue weighted by Gasteiger charge is -2.20. The first-order valence-electron chi connectivity index (χ1n) is 5.63. The molecule has 0 amide bonds. The Balaban J connectivity index is 1.78. The van der Waals surface area contributed by atoms with E-state index in [2.05, 4.69) is 24.5 Å². The van der Waals surface area contributed by atoms with Crippen LogP contribution in [0.2, 0.25) is 0 Å². The van der Waals surface area contributed by atoms with Crippen molar-refractivity contribution in [1.82, 2.24) is 4.90 Å². The van der Waals surface area contributed by atoms with Gasteiger partial charge in [-0.25, -0.2) is 0 Å². The SMILES string of the molecule is CC(CS)CN1CC2CCCC2C1. The lowest BCUT2D eigenvalue weighted by atomic mass is 10.0. The molecular weight excluding hydrogens is 178 g/mol. The van der Waals surface area contributed by atoms with Crippen molar-refractivity contribution in [3.05, 3.63) is 0 Å². The normalized spacial score (nSPS) is 36.5. The van der Waals surface area contributed by atoms with Gasteiger partial charge in [-0.2, -0.15) is 12.6 Å². The molecule has 1 saturated heterocycles. The Labute approximate surface area is 87.3 Å². The zero-order valence-corrected chi connectivity index (χ0v) is 9.47. The molecule has 1 nitrogen and oxygen atoms in total. The minimum absolute atomic E-state index is 0.766. The van der Waals surface area contributed by atoms with Gasteiger partial charge in [0.05, 0.1) is 0 Å². The van der Waals surface area contributed by atoms with Crippen LogP contribution in [0.4, 0.5) is 0 Å². The maximum Gasteiger partial charge on any atom is 0.00150 e. The Morgan fingerprint density at radius 3 is 2.46 bits per heavy atom. The summed E-state index contributed by atoms with van der Waals surface area (Å²) < 4.78 is 0. The van der Waals surface area contributed by atoms with Crippen LogP contribution in [0.25, 0.3) is 0 Å². The quantitative estimate of drug-likeness (QED) is 0.683. The van der Waals surface area contributed by atoms with Gasteiger partial charge in [0, 0.05) is 19.6 Å². The number of thiol groups is 1. The van der Waals surface area contributed by atoms with Crippen molar-refractivity contribution in [3.8, 4) is 0 Å². The fourth-order valence-corrected chi connectivity index (χ4v) is 3.10. The number of nitrogens with zero attached hydrogens (tertiary/aromatic N) is 1. The Morgan fingerprint density at radius 2 is 1.92 bits per heavy atom. The van der Waals surface area contributed by atoms with Gasteiger partial charge in [0.15, 0.2) is 0 Å². The molecule has 0 aromatic heterocycles. The van der Waals surface area contributed by atoms with Gasteiger partial charge in [0.25, 0.3) is 0 Å². The van der Waals surface area contributed by atoms with E-state index >= 15 is 0 Å². The average Bonchev–Trinajstić information content (AvgIpc) is 2.63. The lowest BCUT2D eigenvalue weighted by Crippen LogP contribution is -2.27. The number of hydrogen-bond donors (Lipinski definition) is 1. The summed E-state index contributed by atoms with van der Waals surface area (Å²) in [5.74, 6) is 3.90. The summed E-state index contributed by atoms with van der Waals surface area (Å²) in [7, 11) is 0. The molecule has 0 N–H and O–H groups in total. The Kier molecular flexibility index (Phi) is 3.20. The van der Waals surface area contributed by atoms with Gasteiger partial charge in [0.1, 0.15) is 0 Å². The summed E-state index contributed by atoms with van der Waals surface area (Å²) in [5, 5.41) is 0. The van der Waals surface area contributed by atoms with E-state index in [1.54, 1.807) is 0 Å². The van der Waals surface area contributed by atoms with E-state index in [0.717, 1.165) is 23.5 Å². The topological polar surface area (TPSA) is 3.24 Å². The molecule has 76 valence electrons. The smallest absolute Gasteiger partial charge is 0.00150 e. The van der Waals surface area contributed by atoms with E-state index < -0.39 is 0 Å². The van der Waals surface area contributed by atoms with Crippen LogP contribution in [0.3, 0.4) is 0 Å². The first-order chi connectivity index (χ1) is 6.29. The van der Waals surface area contributed by atoms with Gasteiger partial charge in [-0.05, 0) is 36.3 Å². The van der Waals surface area contributed by atoms with E-state index in [9.17, 15) is 0 Å². The second-order valence-electron chi connectivity index (χ2n) is 4.96. The molecule has 0 spiro atoms. The summed E-state index contributed by atoms with van der Waals surface area (Å²) in [6.07, 6.45) is 4.48. The van der Waals surface area contributed by atoms with Crippen LogP contribution in [-0.2, 0) is 0 Å². The zero-order valence-electron chi connectivity index (χ0n) is 8.58. The van der Waals surface area contributed by atoms with Crippen LogP contribution >= 0.6 is 12.6 Å². The molecule has 1 heterocycles. The molecule has 2 rings (SSSR count). The average molecular weight is 199 g/mol. The third kappa shape index (κ3) is 2.21. The molecule has 0 aromatic rings. The summed E-state index contributed by atoms with van der Waals surface area (Å²) >= 11 is 4.34. The molecule has 0 aromatic carbocycles. The van der Waals surface area contributed by atoms with Crippen LogP contribution in [0.5, 0.6) is 0 Å².